The quantitative estimate of drug-likeness (QED) is 0.396. The van der Waals surface area contributed by atoms with E-state index in [1.807, 2.05) is 19.0 Å². The summed E-state index contributed by atoms with van der Waals surface area (Å²) in [4.78, 5) is 37.8. The Morgan fingerprint density at radius 2 is 1.73 bits per heavy atom. The molecule has 1 heterocycles. The number of hydrogen-bond acceptors (Lipinski definition) is 10. The number of anilines is 1. The van der Waals surface area contributed by atoms with Gasteiger partial charge in [-0.15, -0.1) is 0 Å². The lowest BCUT2D eigenvalue weighted by Crippen LogP contribution is -2.33. The number of carbonyl (C=O) groups is 2. The summed E-state index contributed by atoms with van der Waals surface area (Å²) >= 11 is 0. The molecule has 0 spiro atoms. The van der Waals surface area contributed by atoms with E-state index in [0.29, 0.717) is 53.7 Å². The molecule has 1 aliphatic rings. The first kappa shape index (κ1) is 24.1. The van der Waals surface area contributed by atoms with Crippen molar-refractivity contribution in [1.82, 2.24) is 19.8 Å². The Bertz CT molecular complexity index is 1100. The molecule has 33 heavy (non-hydrogen) atoms. The van der Waals surface area contributed by atoms with E-state index >= 15 is 0 Å². The van der Waals surface area contributed by atoms with E-state index in [9.17, 15) is 9.59 Å². The van der Waals surface area contributed by atoms with Crippen LogP contribution in [-0.2, 0) is 14.3 Å². The normalized spacial score (nSPS) is 13.8. The molecule has 10 nitrogen and oxygen atoms in total. The van der Waals surface area contributed by atoms with E-state index in [4.69, 9.17) is 14.2 Å². The molecule has 3 rings (SSSR count). The molecule has 0 saturated heterocycles. The minimum absolute atomic E-state index is 0.143. The standard InChI is InChI=1S/C23H29N5O5/c1-27(2)6-7-28(3)18-13-19(29)17(11-20(18)30)26-23-15-10-21(32-5)22(33-9-8-31-4)12-16(15)24-14-25-23/h10-14H,6-9H2,1-5H3,(H,24,25,26). The summed E-state index contributed by atoms with van der Waals surface area (Å²) in [6.45, 7) is 2.17. The van der Waals surface area contributed by atoms with E-state index in [1.54, 1.807) is 31.2 Å². The monoisotopic (exact) mass is 455 g/mol. The Morgan fingerprint density at radius 3 is 2.42 bits per heavy atom. The molecule has 0 fully saturated rings. The van der Waals surface area contributed by atoms with Crippen molar-refractivity contribution in [2.45, 2.75) is 0 Å². The van der Waals surface area contributed by atoms with Crippen LogP contribution >= 0.6 is 0 Å². The number of ether oxygens (including phenoxy) is 3. The smallest absolute Gasteiger partial charge is 0.204 e. The second-order valence-electron chi connectivity index (χ2n) is 7.75. The molecular weight excluding hydrogens is 426 g/mol. The summed E-state index contributed by atoms with van der Waals surface area (Å²) in [7, 11) is 8.83. The van der Waals surface area contributed by atoms with Crippen molar-refractivity contribution < 1.29 is 23.8 Å². The van der Waals surface area contributed by atoms with Crippen molar-refractivity contribution in [2.24, 2.45) is 0 Å². The van der Waals surface area contributed by atoms with E-state index in [1.165, 1.54) is 25.6 Å². The number of nitrogens with zero attached hydrogens (tertiary/aromatic N) is 4. The Hall–Kier alpha value is -3.50. The van der Waals surface area contributed by atoms with Crippen LogP contribution in [-0.4, -0.2) is 93.0 Å². The van der Waals surface area contributed by atoms with Gasteiger partial charge in [-0.3, -0.25) is 9.59 Å². The van der Waals surface area contributed by atoms with Gasteiger partial charge in [0.15, 0.2) is 11.5 Å². The van der Waals surface area contributed by atoms with Gasteiger partial charge < -0.3 is 29.3 Å². The summed E-state index contributed by atoms with van der Waals surface area (Å²) in [6.07, 6.45) is 4.03. The number of aromatic nitrogens is 2. The van der Waals surface area contributed by atoms with Gasteiger partial charge in [0.25, 0.3) is 0 Å². The van der Waals surface area contributed by atoms with Crippen molar-refractivity contribution in [2.75, 3.05) is 67.0 Å². The first-order valence-electron chi connectivity index (χ1n) is 10.4. The molecule has 10 heteroatoms. The molecule has 0 unspecified atom stereocenters. The molecule has 1 aromatic heterocycles. The van der Waals surface area contributed by atoms with Crippen LogP contribution in [0.2, 0.25) is 0 Å². The zero-order valence-corrected chi connectivity index (χ0v) is 19.5. The average Bonchev–Trinajstić information content (AvgIpc) is 2.79. The van der Waals surface area contributed by atoms with Crippen molar-refractivity contribution in [3.8, 4) is 11.5 Å². The molecular formula is C23H29N5O5. The fraction of sp³-hybridized carbons (Fsp3) is 0.391. The van der Waals surface area contributed by atoms with E-state index in [2.05, 4.69) is 15.3 Å². The van der Waals surface area contributed by atoms with Crippen LogP contribution in [0.5, 0.6) is 11.5 Å². The van der Waals surface area contributed by atoms with Gasteiger partial charge in [-0.1, -0.05) is 0 Å². The number of methoxy groups -OCH3 is 2. The molecule has 1 aromatic carbocycles. The average molecular weight is 456 g/mol. The number of nitrogens with one attached hydrogen (secondary N) is 1. The van der Waals surface area contributed by atoms with Crippen molar-refractivity contribution in [3.05, 3.63) is 42.0 Å². The predicted molar refractivity (Wildman–Crippen MR) is 124 cm³/mol. The Labute approximate surface area is 192 Å². The number of carbonyl (C=O) groups excluding carboxylic acids is 2. The largest absolute Gasteiger partial charge is 0.493 e. The maximum atomic E-state index is 12.8. The molecule has 0 aliphatic heterocycles. The van der Waals surface area contributed by atoms with Crippen molar-refractivity contribution in [3.63, 3.8) is 0 Å². The third-order valence-electron chi connectivity index (χ3n) is 5.07. The van der Waals surface area contributed by atoms with Crippen LogP contribution in [0.15, 0.2) is 42.0 Å². The van der Waals surface area contributed by atoms with Crippen molar-refractivity contribution >= 4 is 28.3 Å². The zero-order valence-electron chi connectivity index (χ0n) is 19.5. The van der Waals surface area contributed by atoms with E-state index in [-0.39, 0.29) is 17.3 Å². The first-order valence-corrected chi connectivity index (χ1v) is 10.4. The minimum Gasteiger partial charge on any atom is -0.493 e. The van der Waals surface area contributed by atoms with Crippen LogP contribution in [0.25, 0.3) is 10.9 Å². The molecule has 0 amide bonds. The lowest BCUT2D eigenvalue weighted by molar-refractivity contribution is -0.116. The lowest BCUT2D eigenvalue weighted by Gasteiger charge is -2.25. The number of allylic oxidation sites excluding steroid dienone is 2. The highest BCUT2D eigenvalue weighted by atomic mass is 16.5. The molecule has 176 valence electrons. The third kappa shape index (κ3) is 5.85. The topological polar surface area (TPSA) is 106 Å². The summed E-state index contributed by atoms with van der Waals surface area (Å²) in [5.74, 6) is 0.832. The van der Waals surface area contributed by atoms with Gasteiger partial charge in [0.2, 0.25) is 11.6 Å². The van der Waals surface area contributed by atoms with E-state index in [0.717, 1.165) is 6.54 Å². The zero-order chi connectivity index (χ0) is 24.0. The maximum absolute atomic E-state index is 12.8. The van der Waals surface area contributed by atoms with Crippen molar-refractivity contribution in [1.29, 1.82) is 0 Å². The molecule has 0 bridgehead atoms. The summed E-state index contributed by atoms with van der Waals surface area (Å²) in [5, 5.41) is 3.61. The molecule has 0 atom stereocenters. The number of ketones is 2. The van der Waals surface area contributed by atoms with Crippen LogP contribution in [0.3, 0.4) is 0 Å². The highest BCUT2D eigenvalue weighted by Crippen LogP contribution is 2.34. The molecule has 0 radical (unpaired) electrons. The lowest BCUT2D eigenvalue weighted by atomic mass is 10.1. The molecule has 1 aliphatic carbocycles. The summed E-state index contributed by atoms with van der Waals surface area (Å²) in [6, 6.07) is 3.46. The van der Waals surface area contributed by atoms with E-state index < -0.39 is 0 Å². The Balaban J connectivity index is 1.84. The fourth-order valence-corrected chi connectivity index (χ4v) is 3.21. The molecule has 2 aromatic rings. The van der Waals surface area contributed by atoms with Gasteiger partial charge in [-0.05, 0) is 20.2 Å². The molecule has 0 saturated carbocycles. The molecule has 1 N–H and O–H groups in total. The number of rotatable bonds is 11. The number of hydrogen-bond donors (Lipinski definition) is 1. The highest BCUT2D eigenvalue weighted by molar-refractivity contribution is 6.21. The summed E-state index contributed by atoms with van der Waals surface area (Å²) < 4.78 is 16.2. The number of likely N-dealkylation sites (N-methyl/N-ethyl adjacent to an activating group) is 2. The second-order valence-corrected chi connectivity index (χ2v) is 7.75. The van der Waals surface area contributed by atoms with Gasteiger partial charge in [-0.2, -0.15) is 0 Å². The predicted octanol–water partition coefficient (Wildman–Crippen LogP) is 1.49. The first-order chi connectivity index (χ1) is 15.8. The fourth-order valence-electron chi connectivity index (χ4n) is 3.21. The van der Waals surface area contributed by atoms with Crippen LogP contribution in [0, 0.1) is 0 Å². The highest BCUT2D eigenvalue weighted by Gasteiger charge is 2.24. The maximum Gasteiger partial charge on any atom is 0.204 e. The second kappa shape index (κ2) is 10.9. The van der Waals surface area contributed by atoms with Crippen LogP contribution < -0.4 is 14.8 Å². The van der Waals surface area contributed by atoms with Gasteiger partial charge in [-0.25, -0.2) is 9.97 Å². The van der Waals surface area contributed by atoms with Crippen LogP contribution in [0.4, 0.5) is 5.82 Å². The van der Waals surface area contributed by atoms with Gasteiger partial charge >= 0.3 is 0 Å². The number of fused-ring (bicyclic) bond motifs is 1. The van der Waals surface area contributed by atoms with Gasteiger partial charge in [0.1, 0.15) is 18.8 Å². The number of benzene rings is 1. The summed E-state index contributed by atoms with van der Waals surface area (Å²) in [5.41, 5.74) is 1.10. The Morgan fingerprint density at radius 1 is 0.939 bits per heavy atom. The van der Waals surface area contributed by atoms with Gasteiger partial charge in [0.05, 0.1) is 30.6 Å². The van der Waals surface area contributed by atoms with Crippen LogP contribution in [0.1, 0.15) is 0 Å². The SMILES string of the molecule is COCCOc1cc2ncnc(NC3=CC(=O)C(N(C)CCN(C)C)=CC3=O)c2cc1OC. The Kier molecular flexibility index (Phi) is 7.96. The van der Waals surface area contributed by atoms with Gasteiger partial charge in [0, 0.05) is 50.9 Å². The third-order valence-corrected chi connectivity index (χ3v) is 5.07. The minimum atomic E-state index is -0.306.